The molecule has 2 aliphatic heterocycles. The van der Waals surface area contributed by atoms with Gasteiger partial charge in [-0.25, -0.2) is 0 Å². The van der Waals surface area contributed by atoms with Crippen molar-refractivity contribution in [2.24, 2.45) is 5.92 Å². The van der Waals surface area contributed by atoms with Gasteiger partial charge in [0.05, 0.1) is 5.92 Å². The number of rotatable bonds is 2. The average Bonchev–Trinajstić information content (AvgIpc) is 2.75. The zero-order valence-corrected chi connectivity index (χ0v) is 9.62. The molecular formula is C11H21N3O. The highest BCUT2D eigenvalue weighted by molar-refractivity contribution is 5.80. The van der Waals surface area contributed by atoms with Gasteiger partial charge in [-0.3, -0.25) is 4.79 Å². The summed E-state index contributed by atoms with van der Waals surface area (Å²) < 4.78 is 0. The molecule has 15 heavy (non-hydrogen) atoms. The first-order valence-electron chi connectivity index (χ1n) is 5.89. The third-order valence-electron chi connectivity index (χ3n) is 3.60. The van der Waals surface area contributed by atoms with Crippen LogP contribution in [-0.4, -0.2) is 49.6 Å². The topological polar surface area (TPSA) is 44.4 Å². The van der Waals surface area contributed by atoms with Crippen molar-refractivity contribution in [2.45, 2.75) is 31.8 Å². The van der Waals surface area contributed by atoms with Gasteiger partial charge in [0.25, 0.3) is 0 Å². The molecule has 0 aromatic rings. The molecule has 0 aliphatic carbocycles. The Morgan fingerprint density at radius 1 is 1.47 bits per heavy atom. The van der Waals surface area contributed by atoms with Crippen LogP contribution in [-0.2, 0) is 4.79 Å². The lowest BCUT2D eigenvalue weighted by atomic mass is 10.0. The molecule has 0 saturated carbocycles. The molecular weight excluding hydrogens is 190 g/mol. The third kappa shape index (κ3) is 2.49. The van der Waals surface area contributed by atoms with Crippen LogP contribution in [0.1, 0.15) is 19.8 Å². The van der Waals surface area contributed by atoms with Gasteiger partial charge < -0.3 is 15.5 Å². The van der Waals surface area contributed by atoms with Crippen molar-refractivity contribution in [3.05, 3.63) is 0 Å². The molecule has 0 aromatic heterocycles. The van der Waals surface area contributed by atoms with E-state index in [1.807, 2.05) is 0 Å². The average molecular weight is 211 g/mol. The van der Waals surface area contributed by atoms with Gasteiger partial charge in [-0.1, -0.05) is 0 Å². The van der Waals surface area contributed by atoms with Crippen LogP contribution in [0.15, 0.2) is 0 Å². The van der Waals surface area contributed by atoms with E-state index in [0.717, 1.165) is 32.5 Å². The zero-order valence-electron chi connectivity index (χ0n) is 9.62. The molecule has 1 amide bonds. The fourth-order valence-electron chi connectivity index (χ4n) is 2.58. The number of amides is 1. The van der Waals surface area contributed by atoms with Gasteiger partial charge in [-0.2, -0.15) is 0 Å². The number of likely N-dealkylation sites (tertiary alicyclic amines) is 1. The number of hydrogen-bond acceptors (Lipinski definition) is 3. The highest BCUT2D eigenvalue weighted by Crippen LogP contribution is 2.16. The quantitative estimate of drug-likeness (QED) is 0.665. The number of carbonyl (C=O) groups excluding carboxylic acids is 1. The van der Waals surface area contributed by atoms with Crippen molar-refractivity contribution in [1.82, 2.24) is 15.5 Å². The summed E-state index contributed by atoms with van der Waals surface area (Å²) in [6, 6.07) is 0.708. The molecule has 0 radical (unpaired) electrons. The van der Waals surface area contributed by atoms with Crippen LogP contribution in [0.3, 0.4) is 0 Å². The van der Waals surface area contributed by atoms with Crippen LogP contribution in [0.25, 0.3) is 0 Å². The van der Waals surface area contributed by atoms with Crippen LogP contribution in [0.2, 0.25) is 0 Å². The largest absolute Gasteiger partial charge is 0.352 e. The van der Waals surface area contributed by atoms with Gasteiger partial charge in [0.2, 0.25) is 5.91 Å². The minimum absolute atomic E-state index is 0.177. The Morgan fingerprint density at radius 3 is 2.80 bits per heavy atom. The highest BCUT2D eigenvalue weighted by atomic mass is 16.2. The highest BCUT2D eigenvalue weighted by Gasteiger charge is 2.31. The predicted octanol–water partition coefficient (Wildman–Crippen LogP) is -0.195. The third-order valence-corrected chi connectivity index (χ3v) is 3.60. The molecule has 0 aromatic carbocycles. The lowest BCUT2D eigenvalue weighted by molar-refractivity contribution is -0.125. The van der Waals surface area contributed by atoms with E-state index in [9.17, 15) is 4.79 Å². The van der Waals surface area contributed by atoms with Crippen LogP contribution in [0, 0.1) is 5.92 Å². The first-order chi connectivity index (χ1) is 7.16. The van der Waals surface area contributed by atoms with Crippen molar-refractivity contribution in [2.75, 3.05) is 26.7 Å². The number of nitrogens with one attached hydrogen (secondary N) is 2. The minimum atomic E-state index is 0.177. The maximum absolute atomic E-state index is 11.9. The second-order valence-electron chi connectivity index (χ2n) is 4.89. The molecule has 0 spiro atoms. The van der Waals surface area contributed by atoms with E-state index >= 15 is 0 Å². The SMILES string of the molecule is CC1NCCC1C(=O)NC1CCN(C)C1. The Bertz CT molecular complexity index is 244. The molecule has 86 valence electrons. The molecule has 2 aliphatic rings. The smallest absolute Gasteiger partial charge is 0.224 e. The summed E-state index contributed by atoms with van der Waals surface area (Å²) in [6.45, 7) is 5.17. The Morgan fingerprint density at radius 2 is 2.27 bits per heavy atom. The predicted molar refractivity (Wildman–Crippen MR) is 59.6 cm³/mol. The Labute approximate surface area is 91.4 Å². The van der Waals surface area contributed by atoms with Crippen molar-refractivity contribution in [3.63, 3.8) is 0 Å². The van der Waals surface area contributed by atoms with Gasteiger partial charge in [0, 0.05) is 18.6 Å². The van der Waals surface area contributed by atoms with E-state index in [1.165, 1.54) is 0 Å². The standard InChI is InChI=1S/C11H21N3O/c1-8-10(3-5-12-8)11(15)13-9-4-6-14(2)7-9/h8-10,12H,3-7H2,1-2H3,(H,13,15). The zero-order chi connectivity index (χ0) is 10.8. The monoisotopic (exact) mass is 211 g/mol. The minimum Gasteiger partial charge on any atom is -0.352 e. The van der Waals surface area contributed by atoms with Crippen LogP contribution < -0.4 is 10.6 Å². The Balaban J connectivity index is 1.81. The lowest BCUT2D eigenvalue weighted by Crippen LogP contribution is -2.43. The number of nitrogens with zero attached hydrogens (tertiary/aromatic N) is 1. The summed E-state index contributed by atoms with van der Waals surface area (Å²) in [6.07, 6.45) is 2.08. The van der Waals surface area contributed by atoms with Gasteiger partial charge in [0.1, 0.15) is 0 Å². The van der Waals surface area contributed by atoms with E-state index in [-0.39, 0.29) is 11.8 Å². The van der Waals surface area contributed by atoms with E-state index in [4.69, 9.17) is 0 Å². The van der Waals surface area contributed by atoms with Crippen LogP contribution in [0.5, 0.6) is 0 Å². The maximum atomic E-state index is 11.9. The van der Waals surface area contributed by atoms with Crippen LogP contribution in [0.4, 0.5) is 0 Å². The van der Waals surface area contributed by atoms with E-state index < -0.39 is 0 Å². The van der Waals surface area contributed by atoms with E-state index in [0.29, 0.717) is 12.1 Å². The molecule has 2 heterocycles. The van der Waals surface area contributed by atoms with Gasteiger partial charge in [-0.05, 0) is 39.9 Å². The summed E-state index contributed by atoms with van der Waals surface area (Å²) in [5.41, 5.74) is 0. The van der Waals surface area contributed by atoms with E-state index in [2.05, 4.69) is 29.5 Å². The second kappa shape index (κ2) is 4.49. The fourth-order valence-corrected chi connectivity index (χ4v) is 2.58. The molecule has 4 heteroatoms. The molecule has 2 fully saturated rings. The maximum Gasteiger partial charge on any atom is 0.224 e. The van der Waals surface area contributed by atoms with Gasteiger partial charge in [0.15, 0.2) is 0 Å². The molecule has 4 nitrogen and oxygen atoms in total. The number of likely N-dealkylation sites (N-methyl/N-ethyl adjacent to an activating group) is 1. The molecule has 2 rings (SSSR count). The van der Waals surface area contributed by atoms with Crippen molar-refractivity contribution < 1.29 is 4.79 Å². The summed E-state index contributed by atoms with van der Waals surface area (Å²) in [7, 11) is 2.10. The Kier molecular flexibility index (Phi) is 3.26. The lowest BCUT2D eigenvalue weighted by Gasteiger charge is -2.18. The number of hydrogen-bond donors (Lipinski definition) is 2. The number of carbonyl (C=O) groups is 1. The van der Waals surface area contributed by atoms with Gasteiger partial charge in [-0.15, -0.1) is 0 Å². The van der Waals surface area contributed by atoms with Crippen molar-refractivity contribution in [1.29, 1.82) is 0 Å². The first-order valence-corrected chi connectivity index (χ1v) is 5.89. The summed E-state index contributed by atoms with van der Waals surface area (Å²) in [5.74, 6) is 0.420. The van der Waals surface area contributed by atoms with Gasteiger partial charge >= 0.3 is 0 Å². The van der Waals surface area contributed by atoms with Crippen molar-refractivity contribution in [3.8, 4) is 0 Å². The van der Waals surface area contributed by atoms with Crippen LogP contribution >= 0.6 is 0 Å². The fraction of sp³-hybridized carbons (Fsp3) is 0.909. The first kappa shape index (κ1) is 10.9. The second-order valence-corrected chi connectivity index (χ2v) is 4.89. The van der Waals surface area contributed by atoms with E-state index in [1.54, 1.807) is 0 Å². The molecule has 2 saturated heterocycles. The summed E-state index contributed by atoms with van der Waals surface area (Å²) >= 11 is 0. The molecule has 0 bridgehead atoms. The molecule has 3 unspecified atom stereocenters. The molecule has 3 atom stereocenters. The normalized spacial score (nSPS) is 37.1. The Hall–Kier alpha value is -0.610. The summed E-state index contributed by atoms with van der Waals surface area (Å²) in [4.78, 5) is 14.2. The summed E-state index contributed by atoms with van der Waals surface area (Å²) in [5, 5.41) is 6.47. The molecule has 2 N–H and O–H groups in total. The van der Waals surface area contributed by atoms with Crippen molar-refractivity contribution >= 4 is 5.91 Å².